The lowest BCUT2D eigenvalue weighted by molar-refractivity contribution is -0.120. The monoisotopic (exact) mass is 640 g/mol. The molecule has 0 radical (unpaired) electrons. The molecule has 0 unspecified atom stereocenters. The van der Waals surface area contributed by atoms with Crippen LogP contribution in [0.2, 0.25) is 0 Å². The standard InChI is InChI=1S/C44H81NO/c1-5-7-9-11-13-15-17-19-21-23-25-27-29-31-33-35-38-43(42-44(46)40-37-41-45(3)4)39-36-34-32-30-28-26-24-22-20-18-16-14-12-10-8-6-2/h13-16,19-22,43H,5-12,17-18,23-42H2,1-4H3/b15-13-,16-14-,21-19-,22-20-. The van der Waals surface area contributed by atoms with Gasteiger partial charge in [0.25, 0.3) is 0 Å². The van der Waals surface area contributed by atoms with E-state index in [4.69, 9.17) is 0 Å². The first-order valence-corrected chi connectivity index (χ1v) is 20.4. The molecule has 2 heteroatoms. The van der Waals surface area contributed by atoms with Gasteiger partial charge in [0, 0.05) is 12.8 Å². The first kappa shape index (κ1) is 44.6. The molecule has 0 aliphatic heterocycles. The van der Waals surface area contributed by atoms with E-state index >= 15 is 0 Å². The third-order valence-corrected chi connectivity index (χ3v) is 9.20. The van der Waals surface area contributed by atoms with Crippen LogP contribution in [-0.4, -0.2) is 31.3 Å². The van der Waals surface area contributed by atoms with E-state index < -0.39 is 0 Å². The van der Waals surface area contributed by atoms with Crippen molar-refractivity contribution in [3.63, 3.8) is 0 Å². The van der Waals surface area contributed by atoms with Crippen LogP contribution >= 0.6 is 0 Å². The molecule has 0 heterocycles. The molecule has 0 N–H and O–H groups in total. The molecule has 0 amide bonds. The summed E-state index contributed by atoms with van der Waals surface area (Å²) < 4.78 is 0. The predicted octanol–water partition coefficient (Wildman–Crippen LogP) is 14.3. The number of Topliss-reactive ketones (excluding diaryl/α,β-unsaturated/α-hetero) is 1. The highest BCUT2D eigenvalue weighted by atomic mass is 16.1. The Morgan fingerprint density at radius 2 is 0.848 bits per heavy atom. The van der Waals surface area contributed by atoms with Crippen LogP contribution in [0.25, 0.3) is 0 Å². The minimum Gasteiger partial charge on any atom is -0.309 e. The first-order valence-electron chi connectivity index (χ1n) is 20.4. The molecule has 0 rings (SSSR count). The molecule has 2 nitrogen and oxygen atoms in total. The Hall–Kier alpha value is -1.41. The Morgan fingerprint density at radius 1 is 0.478 bits per heavy atom. The number of carbonyl (C=O) groups excluding carboxylic acids is 1. The maximum atomic E-state index is 12.7. The number of hydrogen-bond donors (Lipinski definition) is 0. The Balaban J connectivity index is 4.01. The van der Waals surface area contributed by atoms with Crippen LogP contribution in [0.4, 0.5) is 0 Å². The predicted molar refractivity (Wildman–Crippen MR) is 209 cm³/mol. The molecule has 0 aliphatic carbocycles. The zero-order valence-electron chi connectivity index (χ0n) is 31.8. The van der Waals surface area contributed by atoms with E-state index in [1.165, 1.54) is 154 Å². The van der Waals surface area contributed by atoms with Crippen molar-refractivity contribution in [2.24, 2.45) is 5.92 Å². The third kappa shape index (κ3) is 37.1. The molecular formula is C44H81NO. The van der Waals surface area contributed by atoms with E-state index in [1.807, 2.05) is 0 Å². The molecule has 0 fully saturated rings. The Kier molecular flexibility index (Phi) is 36.9. The molecule has 0 aliphatic rings. The Morgan fingerprint density at radius 3 is 1.24 bits per heavy atom. The fraction of sp³-hybridized carbons (Fsp3) is 0.795. The van der Waals surface area contributed by atoms with Gasteiger partial charge in [-0.3, -0.25) is 4.79 Å². The molecule has 46 heavy (non-hydrogen) atoms. The van der Waals surface area contributed by atoms with Gasteiger partial charge in [-0.15, -0.1) is 0 Å². The van der Waals surface area contributed by atoms with Crippen molar-refractivity contribution in [3.05, 3.63) is 48.6 Å². The second-order valence-electron chi connectivity index (χ2n) is 14.3. The molecule has 0 aromatic heterocycles. The number of unbranched alkanes of at least 4 members (excludes halogenated alkanes) is 18. The van der Waals surface area contributed by atoms with Crippen LogP contribution < -0.4 is 0 Å². The molecule has 0 bridgehead atoms. The van der Waals surface area contributed by atoms with Crippen molar-refractivity contribution < 1.29 is 4.79 Å². The van der Waals surface area contributed by atoms with Crippen LogP contribution in [0, 0.1) is 5.92 Å². The number of rotatable bonds is 36. The fourth-order valence-electron chi connectivity index (χ4n) is 6.21. The van der Waals surface area contributed by atoms with Crippen molar-refractivity contribution >= 4 is 5.78 Å². The van der Waals surface area contributed by atoms with Crippen molar-refractivity contribution in [2.75, 3.05) is 20.6 Å². The number of nitrogens with zero attached hydrogens (tertiary/aromatic N) is 1. The number of allylic oxidation sites excluding steroid dienone is 8. The van der Waals surface area contributed by atoms with Crippen LogP contribution in [0.1, 0.15) is 200 Å². The summed E-state index contributed by atoms with van der Waals surface area (Å²) in [4.78, 5) is 14.9. The minimum atomic E-state index is 0.506. The average molecular weight is 640 g/mol. The van der Waals surface area contributed by atoms with Gasteiger partial charge in [0.15, 0.2) is 0 Å². The smallest absolute Gasteiger partial charge is 0.133 e. The number of ketones is 1. The molecule has 0 aromatic rings. The average Bonchev–Trinajstić information content (AvgIpc) is 3.04. The highest BCUT2D eigenvalue weighted by molar-refractivity contribution is 5.78. The summed E-state index contributed by atoms with van der Waals surface area (Å²) >= 11 is 0. The van der Waals surface area contributed by atoms with Crippen LogP contribution in [-0.2, 0) is 4.79 Å². The third-order valence-electron chi connectivity index (χ3n) is 9.20. The largest absolute Gasteiger partial charge is 0.309 e. The lowest BCUT2D eigenvalue weighted by atomic mass is 9.89. The van der Waals surface area contributed by atoms with Crippen molar-refractivity contribution in [1.29, 1.82) is 0 Å². The molecule has 0 aromatic carbocycles. The van der Waals surface area contributed by atoms with Crippen molar-refractivity contribution in [1.82, 2.24) is 4.90 Å². The fourth-order valence-corrected chi connectivity index (χ4v) is 6.21. The summed E-state index contributed by atoms with van der Waals surface area (Å²) in [6.45, 7) is 5.55. The second-order valence-corrected chi connectivity index (χ2v) is 14.3. The summed E-state index contributed by atoms with van der Waals surface area (Å²) in [5, 5.41) is 0. The van der Waals surface area contributed by atoms with E-state index in [1.54, 1.807) is 0 Å². The highest BCUT2D eigenvalue weighted by Gasteiger charge is 2.14. The lowest BCUT2D eigenvalue weighted by Gasteiger charge is -2.17. The van der Waals surface area contributed by atoms with Crippen molar-refractivity contribution in [3.8, 4) is 0 Å². The highest BCUT2D eigenvalue weighted by Crippen LogP contribution is 2.23. The molecule has 0 saturated heterocycles. The van der Waals surface area contributed by atoms with Crippen LogP contribution in [0.3, 0.4) is 0 Å². The van der Waals surface area contributed by atoms with E-state index in [0.29, 0.717) is 11.7 Å². The number of carbonyl (C=O) groups is 1. The molecule has 0 spiro atoms. The van der Waals surface area contributed by atoms with Gasteiger partial charge in [0.1, 0.15) is 5.78 Å². The van der Waals surface area contributed by atoms with Gasteiger partial charge in [-0.1, -0.05) is 165 Å². The SMILES string of the molecule is CCCCC/C=C\C/C=C\CCCCCCCCC(CCCCCCCC/C=C\C/C=C\CCCCC)CC(=O)CCCN(C)C. The molecule has 0 saturated carbocycles. The summed E-state index contributed by atoms with van der Waals surface area (Å²) in [6.07, 6.45) is 55.2. The second kappa shape index (κ2) is 38.0. The minimum absolute atomic E-state index is 0.506. The topological polar surface area (TPSA) is 20.3 Å². The van der Waals surface area contributed by atoms with Gasteiger partial charge >= 0.3 is 0 Å². The lowest BCUT2D eigenvalue weighted by Crippen LogP contribution is -2.15. The van der Waals surface area contributed by atoms with Gasteiger partial charge in [-0.05, 0) is 97.2 Å². The van der Waals surface area contributed by atoms with Gasteiger partial charge in [0.2, 0.25) is 0 Å². The first-order chi connectivity index (χ1) is 22.6. The summed E-state index contributed by atoms with van der Waals surface area (Å²) in [6, 6.07) is 0. The molecule has 0 atom stereocenters. The Bertz CT molecular complexity index is 682. The van der Waals surface area contributed by atoms with E-state index in [2.05, 4.69) is 81.5 Å². The van der Waals surface area contributed by atoms with Crippen LogP contribution in [0.5, 0.6) is 0 Å². The van der Waals surface area contributed by atoms with Gasteiger partial charge in [0.05, 0.1) is 0 Å². The maximum Gasteiger partial charge on any atom is 0.133 e. The van der Waals surface area contributed by atoms with E-state index in [9.17, 15) is 4.79 Å². The zero-order chi connectivity index (χ0) is 33.6. The van der Waals surface area contributed by atoms with Gasteiger partial charge < -0.3 is 4.90 Å². The summed E-state index contributed by atoms with van der Waals surface area (Å²) in [5.41, 5.74) is 0. The van der Waals surface area contributed by atoms with E-state index in [0.717, 1.165) is 38.6 Å². The summed E-state index contributed by atoms with van der Waals surface area (Å²) in [7, 11) is 4.20. The molecule has 268 valence electrons. The van der Waals surface area contributed by atoms with E-state index in [-0.39, 0.29) is 0 Å². The quantitative estimate of drug-likeness (QED) is 0.0502. The van der Waals surface area contributed by atoms with Gasteiger partial charge in [-0.25, -0.2) is 0 Å². The zero-order valence-corrected chi connectivity index (χ0v) is 31.8. The Labute approximate surface area is 290 Å². The normalized spacial score (nSPS) is 12.5. The molecular weight excluding hydrogens is 558 g/mol. The number of hydrogen-bond acceptors (Lipinski definition) is 2. The van der Waals surface area contributed by atoms with Gasteiger partial charge in [-0.2, -0.15) is 0 Å². The maximum absolute atomic E-state index is 12.7. The van der Waals surface area contributed by atoms with Crippen LogP contribution in [0.15, 0.2) is 48.6 Å². The summed E-state index contributed by atoms with van der Waals surface area (Å²) in [5.74, 6) is 1.12. The van der Waals surface area contributed by atoms with Crippen molar-refractivity contribution in [2.45, 2.75) is 200 Å².